The smallest absolute Gasteiger partial charge is 0.231 e. The first kappa shape index (κ1) is 11.9. The summed E-state index contributed by atoms with van der Waals surface area (Å²) >= 11 is 1.89. The zero-order valence-corrected chi connectivity index (χ0v) is 11.4. The Morgan fingerprint density at radius 3 is 3.06 bits per heavy atom. The molecule has 1 aromatic carbocycles. The maximum absolute atomic E-state index is 12.6. The topological polar surface area (TPSA) is 46.3 Å². The molecule has 1 fully saturated rings. The first-order valence-electron chi connectivity index (χ1n) is 6.46. The number of nitrogen functional groups attached to an aromatic ring is 1. The molecule has 4 heteroatoms. The average molecular weight is 262 g/mol. The van der Waals surface area contributed by atoms with Crippen LogP contribution in [0, 0.1) is 5.92 Å². The number of benzene rings is 1. The molecule has 0 aromatic heterocycles. The highest BCUT2D eigenvalue weighted by Gasteiger charge is 2.35. The molecule has 1 amide bonds. The predicted molar refractivity (Wildman–Crippen MR) is 76.9 cm³/mol. The van der Waals surface area contributed by atoms with Gasteiger partial charge in [0.2, 0.25) is 5.91 Å². The molecule has 0 bridgehead atoms. The van der Waals surface area contributed by atoms with Crippen LogP contribution >= 0.6 is 11.8 Å². The van der Waals surface area contributed by atoms with Gasteiger partial charge in [-0.25, -0.2) is 0 Å². The van der Waals surface area contributed by atoms with Crippen LogP contribution in [0.5, 0.6) is 0 Å². The van der Waals surface area contributed by atoms with Gasteiger partial charge in [-0.3, -0.25) is 4.79 Å². The van der Waals surface area contributed by atoms with Gasteiger partial charge in [0.25, 0.3) is 0 Å². The van der Waals surface area contributed by atoms with E-state index in [9.17, 15) is 4.79 Å². The fourth-order valence-electron chi connectivity index (χ4n) is 2.91. The van der Waals surface area contributed by atoms with Crippen LogP contribution in [0.25, 0.3) is 0 Å². The molecular weight excluding hydrogens is 244 g/mol. The third-order valence-corrected chi connectivity index (χ3v) is 5.00. The fourth-order valence-corrected chi connectivity index (χ4v) is 4.12. The minimum atomic E-state index is 0.209. The number of carbonyl (C=O) groups is 1. The van der Waals surface area contributed by atoms with Crippen molar-refractivity contribution in [3.8, 4) is 0 Å². The Hall–Kier alpha value is -1.16. The summed E-state index contributed by atoms with van der Waals surface area (Å²) in [7, 11) is 0. The Kier molecular flexibility index (Phi) is 2.98. The summed E-state index contributed by atoms with van der Waals surface area (Å²) in [5, 5.41) is 0. The van der Waals surface area contributed by atoms with Crippen molar-refractivity contribution >= 4 is 29.0 Å². The highest BCUT2D eigenvalue weighted by atomic mass is 32.2. The summed E-state index contributed by atoms with van der Waals surface area (Å²) in [6, 6.07) is 6.15. The number of nitrogens with zero attached hydrogens (tertiary/aromatic N) is 1. The van der Waals surface area contributed by atoms with Crippen molar-refractivity contribution in [2.45, 2.75) is 25.8 Å². The molecule has 2 aliphatic heterocycles. The molecular formula is C14H18N2OS. The summed E-state index contributed by atoms with van der Waals surface area (Å²) in [4.78, 5) is 14.6. The molecule has 2 N–H and O–H groups in total. The number of rotatable bonds is 1. The van der Waals surface area contributed by atoms with E-state index in [0.717, 1.165) is 35.7 Å². The van der Waals surface area contributed by atoms with Crippen LogP contribution in [0.1, 0.15) is 18.9 Å². The van der Waals surface area contributed by atoms with Crippen LogP contribution in [0.15, 0.2) is 18.2 Å². The first-order valence-corrected chi connectivity index (χ1v) is 7.61. The van der Waals surface area contributed by atoms with Gasteiger partial charge in [0.15, 0.2) is 0 Å². The lowest BCUT2D eigenvalue weighted by Crippen LogP contribution is -2.40. The van der Waals surface area contributed by atoms with E-state index in [0.29, 0.717) is 5.91 Å². The van der Waals surface area contributed by atoms with E-state index >= 15 is 0 Å². The quantitative estimate of drug-likeness (QED) is 0.790. The molecule has 0 saturated carbocycles. The Bertz CT molecular complexity index is 483. The van der Waals surface area contributed by atoms with Crippen molar-refractivity contribution in [2.75, 3.05) is 22.1 Å². The van der Waals surface area contributed by atoms with Gasteiger partial charge in [-0.1, -0.05) is 0 Å². The van der Waals surface area contributed by atoms with Gasteiger partial charge in [0.1, 0.15) is 0 Å². The highest BCUT2D eigenvalue weighted by Crippen LogP contribution is 2.36. The average Bonchev–Trinajstić information content (AvgIpc) is 2.94. The molecule has 1 aromatic rings. The van der Waals surface area contributed by atoms with E-state index in [1.807, 2.05) is 34.9 Å². The van der Waals surface area contributed by atoms with E-state index in [-0.39, 0.29) is 12.0 Å². The van der Waals surface area contributed by atoms with Gasteiger partial charge < -0.3 is 10.6 Å². The number of nitrogens with two attached hydrogens (primary N) is 1. The molecule has 0 radical (unpaired) electrons. The zero-order valence-electron chi connectivity index (χ0n) is 10.6. The summed E-state index contributed by atoms with van der Waals surface area (Å²) in [6.45, 7) is 2.12. The Morgan fingerprint density at radius 1 is 1.50 bits per heavy atom. The zero-order chi connectivity index (χ0) is 12.7. The molecule has 2 unspecified atom stereocenters. The highest BCUT2D eigenvalue weighted by molar-refractivity contribution is 7.99. The third kappa shape index (κ3) is 1.88. The number of amides is 1. The largest absolute Gasteiger partial charge is 0.399 e. The van der Waals surface area contributed by atoms with Crippen LogP contribution in [0.4, 0.5) is 11.4 Å². The normalized spacial score (nSPS) is 26.4. The lowest BCUT2D eigenvalue weighted by molar-refractivity contribution is -0.121. The minimum Gasteiger partial charge on any atom is -0.399 e. The van der Waals surface area contributed by atoms with E-state index < -0.39 is 0 Å². The second-order valence-corrected chi connectivity index (χ2v) is 6.36. The van der Waals surface area contributed by atoms with E-state index in [1.165, 1.54) is 5.56 Å². The lowest BCUT2D eigenvalue weighted by atomic mass is 10.1. The minimum absolute atomic E-state index is 0.209. The van der Waals surface area contributed by atoms with Crippen molar-refractivity contribution in [2.24, 2.45) is 5.92 Å². The second-order valence-electron chi connectivity index (χ2n) is 5.21. The summed E-state index contributed by atoms with van der Waals surface area (Å²) < 4.78 is 0. The Labute approximate surface area is 112 Å². The Balaban J connectivity index is 1.91. The van der Waals surface area contributed by atoms with E-state index in [1.54, 1.807) is 0 Å². The first-order chi connectivity index (χ1) is 8.66. The van der Waals surface area contributed by atoms with E-state index in [4.69, 9.17) is 5.73 Å². The molecule has 96 valence electrons. The number of hydrogen-bond donors (Lipinski definition) is 1. The number of fused-ring (bicyclic) bond motifs is 1. The SMILES string of the molecule is CC1Cc2cc(N)ccc2N1C(=O)C1CCSC1. The van der Waals surface area contributed by atoms with Gasteiger partial charge in [-0.05, 0) is 49.3 Å². The van der Waals surface area contributed by atoms with Gasteiger partial charge in [0, 0.05) is 29.1 Å². The van der Waals surface area contributed by atoms with Crippen molar-refractivity contribution in [1.82, 2.24) is 0 Å². The fraction of sp³-hybridized carbons (Fsp3) is 0.500. The number of hydrogen-bond acceptors (Lipinski definition) is 3. The van der Waals surface area contributed by atoms with Crippen molar-refractivity contribution in [1.29, 1.82) is 0 Å². The van der Waals surface area contributed by atoms with Crippen molar-refractivity contribution in [3.63, 3.8) is 0 Å². The molecule has 1 saturated heterocycles. The van der Waals surface area contributed by atoms with Crippen molar-refractivity contribution in [3.05, 3.63) is 23.8 Å². The number of anilines is 2. The van der Waals surface area contributed by atoms with Crippen LogP contribution < -0.4 is 10.6 Å². The van der Waals surface area contributed by atoms with Gasteiger partial charge >= 0.3 is 0 Å². The molecule has 3 nitrogen and oxygen atoms in total. The molecule has 3 rings (SSSR count). The predicted octanol–water partition coefficient (Wildman–Crippen LogP) is 2.30. The molecule has 2 atom stereocenters. The number of thioether (sulfide) groups is 1. The van der Waals surface area contributed by atoms with Crippen molar-refractivity contribution < 1.29 is 4.79 Å². The van der Waals surface area contributed by atoms with Crippen LogP contribution in [0.2, 0.25) is 0 Å². The van der Waals surface area contributed by atoms with Crippen LogP contribution in [-0.2, 0) is 11.2 Å². The number of carbonyl (C=O) groups excluding carboxylic acids is 1. The van der Waals surface area contributed by atoms with Crippen LogP contribution in [-0.4, -0.2) is 23.5 Å². The molecule has 18 heavy (non-hydrogen) atoms. The maximum Gasteiger partial charge on any atom is 0.231 e. The second kappa shape index (κ2) is 4.50. The molecule has 2 aliphatic rings. The van der Waals surface area contributed by atoms with Crippen LogP contribution in [0.3, 0.4) is 0 Å². The summed E-state index contributed by atoms with van der Waals surface area (Å²) in [5.74, 6) is 2.61. The Morgan fingerprint density at radius 2 is 2.33 bits per heavy atom. The molecule has 0 spiro atoms. The molecule has 2 heterocycles. The lowest BCUT2D eigenvalue weighted by Gasteiger charge is -2.25. The van der Waals surface area contributed by atoms with Gasteiger partial charge in [0.05, 0.1) is 0 Å². The molecule has 0 aliphatic carbocycles. The standard InChI is InChI=1S/C14H18N2OS/c1-9-6-11-7-12(15)2-3-13(11)16(9)14(17)10-4-5-18-8-10/h2-3,7,9-10H,4-6,8,15H2,1H3. The van der Waals surface area contributed by atoms with Gasteiger partial charge in [-0.2, -0.15) is 11.8 Å². The van der Waals surface area contributed by atoms with E-state index in [2.05, 4.69) is 6.92 Å². The van der Waals surface area contributed by atoms with Gasteiger partial charge in [-0.15, -0.1) is 0 Å². The summed E-state index contributed by atoms with van der Waals surface area (Å²) in [6.07, 6.45) is 1.95. The third-order valence-electron chi connectivity index (χ3n) is 3.84. The monoisotopic (exact) mass is 262 g/mol. The summed E-state index contributed by atoms with van der Waals surface area (Å²) in [5.41, 5.74) is 8.88. The maximum atomic E-state index is 12.6.